The van der Waals surface area contributed by atoms with Crippen molar-refractivity contribution in [3.05, 3.63) is 23.3 Å². The van der Waals surface area contributed by atoms with E-state index in [9.17, 15) is 19.2 Å². The molecule has 0 spiro atoms. The molecular weight excluding hydrogens is 674 g/mol. The van der Waals surface area contributed by atoms with Crippen molar-refractivity contribution in [3.63, 3.8) is 0 Å². The third-order valence-electron chi connectivity index (χ3n) is 13.2. The minimum absolute atomic E-state index is 0.0365. The molecular formula is C43H69NO9. The molecule has 0 aromatic carbocycles. The van der Waals surface area contributed by atoms with Gasteiger partial charge in [-0.3, -0.25) is 19.2 Å². The molecule has 10 heteroatoms. The van der Waals surface area contributed by atoms with Gasteiger partial charge >= 0.3 is 17.9 Å². The Bertz CT molecular complexity index is 1310. The highest BCUT2D eigenvalue weighted by Crippen LogP contribution is 2.66. The summed E-state index contributed by atoms with van der Waals surface area (Å²) in [5, 5.41) is 2.76. The van der Waals surface area contributed by atoms with Crippen LogP contribution in [0.25, 0.3) is 0 Å². The predicted molar refractivity (Wildman–Crippen MR) is 204 cm³/mol. The fourth-order valence-electron chi connectivity index (χ4n) is 10.2. The molecule has 53 heavy (non-hydrogen) atoms. The summed E-state index contributed by atoms with van der Waals surface area (Å²) in [6.07, 6.45) is 16.1. The zero-order chi connectivity index (χ0) is 38.6. The maximum atomic E-state index is 13.6. The van der Waals surface area contributed by atoms with Crippen molar-refractivity contribution in [1.29, 1.82) is 0 Å². The highest BCUT2D eigenvalue weighted by Gasteiger charge is 2.57. The monoisotopic (exact) mass is 743 g/mol. The molecule has 4 aliphatic carbocycles. The van der Waals surface area contributed by atoms with Crippen LogP contribution in [-0.4, -0.2) is 77.1 Å². The number of nitrogens with one attached hydrogen (secondary N) is 1. The number of esters is 3. The largest absolute Gasteiger partial charge is 0.463 e. The normalized spacial score (nSPS) is 28.8. The van der Waals surface area contributed by atoms with Gasteiger partial charge < -0.3 is 29.0 Å². The number of ether oxygens (including phenoxy) is 5. The Balaban J connectivity index is 1.35. The van der Waals surface area contributed by atoms with Crippen LogP contribution in [-0.2, 0) is 42.9 Å². The van der Waals surface area contributed by atoms with E-state index in [4.69, 9.17) is 23.7 Å². The minimum Gasteiger partial charge on any atom is -0.463 e. The average Bonchev–Trinajstić information content (AvgIpc) is 3.48. The van der Waals surface area contributed by atoms with Gasteiger partial charge in [-0.25, -0.2) is 0 Å². The molecule has 3 saturated carbocycles. The Hall–Kier alpha value is -2.72. The second kappa shape index (κ2) is 20.3. The number of allylic oxidation sites excluding steroid dienone is 3. The highest BCUT2D eigenvalue weighted by molar-refractivity contribution is 5.82. The average molecular weight is 744 g/mol. The lowest BCUT2D eigenvalue weighted by Gasteiger charge is -2.55. The lowest BCUT2D eigenvalue weighted by Crippen LogP contribution is -2.47. The van der Waals surface area contributed by atoms with Gasteiger partial charge in [0.1, 0.15) is 19.3 Å². The van der Waals surface area contributed by atoms with E-state index in [0.717, 1.165) is 30.6 Å². The zero-order valence-corrected chi connectivity index (χ0v) is 33.8. The first-order valence-corrected chi connectivity index (χ1v) is 20.5. The van der Waals surface area contributed by atoms with Gasteiger partial charge in [0.15, 0.2) is 0 Å². The van der Waals surface area contributed by atoms with Crippen molar-refractivity contribution < 1.29 is 42.9 Å². The zero-order valence-electron chi connectivity index (χ0n) is 33.8. The molecule has 0 aromatic heterocycles. The molecule has 0 saturated heterocycles. The number of methoxy groups -OCH3 is 2. The molecule has 1 amide bonds. The number of carbonyl (C=O) groups excluding carboxylic acids is 4. The first kappa shape index (κ1) is 43.0. The maximum Gasteiger partial charge on any atom is 0.309 e. The Morgan fingerprint density at radius 3 is 2.23 bits per heavy atom. The molecule has 4 rings (SSSR count). The van der Waals surface area contributed by atoms with E-state index in [-0.39, 0.29) is 76.1 Å². The number of rotatable bonds is 21. The van der Waals surface area contributed by atoms with E-state index in [0.29, 0.717) is 23.7 Å². The topological polar surface area (TPSA) is 126 Å². The van der Waals surface area contributed by atoms with Crippen LogP contribution in [0.15, 0.2) is 23.3 Å². The van der Waals surface area contributed by atoms with Crippen molar-refractivity contribution in [3.8, 4) is 0 Å². The molecule has 4 unspecified atom stereocenters. The third-order valence-corrected chi connectivity index (χ3v) is 13.2. The first-order chi connectivity index (χ1) is 25.3. The van der Waals surface area contributed by atoms with Gasteiger partial charge in [0, 0.05) is 33.6 Å². The lowest BCUT2D eigenvalue weighted by atomic mass is 9.50. The van der Waals surface area contributed by atoms with Crippen LogP contribution in [0.3, 0.4) is 0 Å². The fourth-order valence-corrected chi connectivity index (χ4v) is 10.2. The summed E-state index contributed by atoms with van der Waals surface area (Å²) in [5.74, 6) is 0.988. The Morgan fingerprint density at radius 2 is 1.53 bits per heavy atom. The summed E-state index contributed by atoms with van der Waals surface area (Å²) >= 11 is 0. The van der Waals surface area contributed by atoms with Gasteiger partial charge in [0.2, 0.25) is 5.91 Å². The molecule has 0 heterocycles. The summed E-state index contributed by atoms with van der Waals surface area (Å²) in [7, 11) is 3.04. The second-order valence-corrected chi connectivity index (χ2v) is 17.2. The smallest absolute Gasteiger partial charge is 0.309 e. The van der Waals surface area contributed by atoms with Gasteiger partial charge in [-0.1, -0.05) is 77.2 Å². The van der Waals surface area contributed by atoms with Crippen LogP contribution in [0.4, 0.5) is 0 Å². The number of hydrogen-bond acceptors (Lipinski definition) is 9. The van der Waals surface area contributed by atoms with E-state index in [1.54, 1.807) is 5.57 Å². The van der Waals surface area contributed by atoms with Crippen molar-refractivity contribution in [1.82, 2.24) is 5.32 Å². The summed E-state index contributed by atoms with van der Waals surface area (Å²) in [4.78, 5) is 50.5. The Morgan fingerprint density at radius 1 is 0.811 bits per heavy atom. The standard InChI is InChI=1S/C43H69NO9/c1-29(2)9-8-10-30(3)35-13-14-36-34-12-11-32-28-33(17-20-42(32,4)37(34)18-21-43(35,36)5)53-41(48)31(27-40(47)52-26-24-50-7)19-22-44-38(45)15-16-39(46)51-25-23-49-6/h11-12,29-31,33,35-37H,8-10,13-28H2,1-7H3,(H,44,45)/t30-,31?,33+,35?,36?,37?,42+,43-/m1/s1. The summed E-state index contributed by atoms with van der Waals surface area (Å²) in [6, 6.07) is 0. The predicted octanol–water partition coefficient (Wildman–Crippen LogP) is 7.53. The summed E-state index contributed by atoms with van der Waals surface area (Å²) < 4.78 is 26.3. The van der Waals surface area contributed by atoms with E-state index >= 15 is 0 Å². The van der Waals surface area contributed by atoms with Crippen LogP contribution in [0.1, 0.15) is 125 Å². The van der Waals surface area contributed by atoms with Gasteiger partial charge in [0.05, 0.1) is 32.0 Å². The molecule has 8 atom stereocenters. The van der Waals surface area contributed by atoms with E-state index in [2.05, 4.69) is 52.1 Å². The molecule has 0 aromatic rings. The third kappa shape index (κ3) is 11.4. The van der Waals surface area contributed by atoms with Crippen LogP contribution >= 0.6 is 0 Å². The quantitative estimate of drug-likeness (QED) is 0.0721. The van der Waals surface area contributed by atoms with Crippen molar-refractivity contribution in [2.45, 2.75) is 131 Å². The Labute approximate surface area is 318 Å². The van der Waals surface area contributed by atoms with E-state index in [1.165, 1.54) is 64.7 Å². The molecule has 1 N–H and O–H groups in total. The van der Waals surface area contributed by atoms with Gasteiger partial charge in [-0.2, -0.15) is 0 Å². The van der Waals surface area contributed by atoms with Crippen LogP contribution in [0, 0.1) is 46.3 Å². The van der Waals surface area contributed by atoms with Gasteiger partial charge in [0.25, 0.3) is 0 Å². The van der Waals surface area contributed by atoms with Crippen molar-refractivity contribution in [2.24, 2.45) is 46.3 Å². The minimum atomic E-state index is -0.774. The number of amides is 1. The summed E-state index contributed by atoms with van der Waals surface area (Å²) in [6.45, 7) is 13.2. The van der Waals surface area contributed by atoms with Crippen LogP contribution in [0.2, 0.25) is 0 Å². The molecule has 3 fully saturated rings. The van der Waals surface area contributed by atoms with Crippen molar-refractivity contribution >= 4 is 23.8 Å². The van der Waals surface area contributed by atoms with Gasteiger partial charge in [-0.05, 0) is 85.4 Å². The van der Waals surface area contributed by atoms with Crippen molar-refractivity contribution in [2.75, 3.05) is 47.2 Å². The maximum absolute atomic E-state index is 13.6. The molecule has 0 aliphatic heterocycles. The molecule has 300 valence electrons. The molecule has 10 nitrogen and oxygen atoms in total. The molecule has 0 radical (unpaired) electrons. The fraction of sp³-hybridized carbons (Fsp3) is 0.814. The lowest BCUT2D eigenvalue weighted by molar-refractivity contribution is -0.161. The number of carbonyl (C=O) groups is 4. The molecule has 4 aliphatic rings. The number of hydrogen-bond donors (Lipinski definition) is 1. The molecule has 0 bridgehead atoms. The van der Waals surface area contributed by atoms with E-state index in [1.807, 2.05) is 0 Å². The van der Waals surface area contributed by atoms with Crippen LogP contribution < -0.4 is 5.32 Å². The first-order valence-electron chi connectivity index (χ1n) is 20.5. The van der Waals surface area contributed by atoms with Crippen LogP contribution in [0.5, 0.6) is 0 Å². The van der Waals surface area contributed by atoms with Gasteiger partial charge in [-0.15, -0.1) is 0 Å². The van der Waals surface area contributed by atoms with E-state index < -0.39 is 23.8 Å². The highest BCUT2D eigenvalue weighted by atomic mass is 16.6. The second-order valence-electron chi connectivity index (χ2n) is 17.2. The summed E-state index contributed by atoms with van der Waals surface area (Å²) in [5.41, 5.74) is 3.50. The number of fused-ring (bicyclic) bond motifs is 5. The Kier molecular flexibility index (Phi) is 16.5. The SMILES string of the molecule is COCCOC(=O)CCC(=O)NCCC(CC(=O)OCCOC)C(=O)O[C@H]1CC[C@@]2(C)C(=CC=C3C4CCC([C@H](C)CCCC(C)C)[C@@]4(C)CCC32)C1.